The summed E-state index contributed by atoms with van der Waals surface area (Å²) in [5.74, 6) is 0.917. The molecular formula is C7H16ClNO2S. The molecule has 0 aromatic rings. The number of hydrogen-bond acceptors (Lipinski definition) is 3. The fourth-order valence-corrected chi connectivity index (χ4v) is 1.49. The summed E-state index contributed by atoms with van der Waals surface area (Å²) in [4.78, 5) is 0. The van der Waals surface area contributed by atoms with Crippen molar-refractivity contribution in [1.29, 1.82) is 0 Å². The topological polar surface area (TPSA) is 46.2 Å². The van der Waals surface area contributed by atoms with Crippen molar-refractivity contribution in [1.82, 2.24) is 5.32 Å². The van der Waals surface area contributed by atoms with Crippen LogP contribution in [0.4, 0.5) is 0 Å². The average Bonchev–Trinajstić information content (AvgIpc) is 2.04. The summed E-state index contributed by atoms with van der Waals surface area (Å²) in [7, 11) is -2.83. The molecule has 74 valence electrons. The van der Waals surface area contributed by atoms with Gasteiger partial charge in [0.25, 0.3) is 0 Å². The van der Waals surface area contributed by atoms with E-state index in [1.807, 2.05) is 6.92 Å². The molecule has 0 heterocycles. The molecule has 1 atom stereocenters. The van der Waals surface area contributed by atoms with Crippen LogP contribution in [0.1, 0.15) is 13.8 Å². The number of sulfone groups is 1. The Morgan fingerprint density at radius 1 is 1.50 bits per heavy atom. The molecule has 0 amide bonds. The zero-order valence-corrected chi connectivity index (χ0v) is 9.08. The molecule has 0 aromatic carbocycles. The maximum Gasteiger partial charge on any atom is 0.151 e. The molecule has 0 saturated heterocycles. The second kappa shape index (κ2) is 5.78. The Morgan fingerprint density at radius 3 is 2.50 bits per heavy atom. The lowest BCUT2D eigenvalue weighted by Gasteiger charge is -2.09. The van der Waals surface area contributed by atoms with E-state index in [9.17, 15) is 8.42 Å². The summed E-state index contributed by atoms with van der Waals surface area (Å²) >= 11 is 5.52. The first-order valence-corrected chi connectivity index (χ1v) is 6.37. The number of alkyl halides is 1. The van der Waals surface area contributed by atoms with Crippen LogP contribution in [0.3, 0.4) is 0 Å². The number of hydrogen-bond donors (Lipinski definition) is 1. The highest BCUT2D eigenvalue weighted by molar-refractivity contribution is 7.91. The van der Waals surface area contributed by atoms with E-state index in [4.69, 9.17) is 11.6 Å². The van der Waals surface area contributed by atoms with E-state index >= 15 is 0 Å². The van der Waals surface area contributed by atoms with Gasteiger partial charge in [0.15, 0.2) is 9.84 Å². The second-order valence-electron chi connectivity index (χ2n) is 2.75. The molecule has 5 heteroatoms. The van der Waals surface area contributed by atoms with Gasteiger partial charge in [0.2, 0.25) is 0 Å². The van der Waals surface area contributed by atoms with Gasteiger partial charge in [-0.05, 0) is 6.92 Å². The molecule has 3 nitrogen and oxygen atoms in total. The summed E-state index contributed by atoms with van der Waals surface area (Å²) in [5, 5.41) is 3.01. The Bertz CT molecular complexity index is 203. The predicted octanol–water partition coefficient (Wildman–Crippen LogP) is 0.638. The van der Waals surface area contributed by atoms with Crippen LogP contribution in [0.15, 0.2) is 0 Å². The Balaban J connectivity index is 3.57. The van der Waals surface area contributed by atoms with Crippen LogP contribution in [0.2, 0.25) is 0 Å². The molecule has 0 aliphatic rings. The maximum absolute atomic E-state index is 11.0. The summed E-state index contributed by atoms with van der Waals surface area (Å²) in [6.45, 7) is 4.07. The third-order valence-corrected chi connectivity index (χ3v) is 3.75. The van der Waals surface area contributed by atoms with Gasteiger partial charge in [0, 0.05) is 24.2 Å². The first-order valence-electron chi connectivity index (χ1n) is 4.01. The fourth-order valence-electron chi connectivity index (χ4n) is 0.660. The van der Waals surface area contributed by atoms with Crippen LogP contribution in [-0.2, 0) is 9.84 Å². The fraction of sp³-hybridized carbons (Fsp3) is 1.00. The van der Waals surface area contributed by atoms with Crippen molar-refractivity contribution in [3.05, 3.63) is 0 Å². The normalized spacial score (nSPS) is 14.6. The SMILES string of the molecule is CCS(=O)(=O)CCNC(C)CCl. The monoisotopic (exact) mass is 213 g/mol. The standard InChI is InChI=1S/C7H16ClNO2S/c1-3-12(10,11)5-4-9-7(2)6-8/h7,9H,3-6H2,1-2H3. The lowest BCUT2D eigenvalue weighted by molar-refractivity contribution is 0.580. The van der Waals surface area contributed by atoms with Crippen LogP contribution in [0.5, 0.6) is 0 Å². The summed E-state index contributed by atoms with van der Waals surface area (Å²) in [5.41, 5.74) is 0. The average molecular weight is 214 g/mol. The van der Waals surface area contributed by atoms with Crippen molar-refractivity contribution in [2.45, 2.75) is 19.9 Å². The largest absolute Gasteiger partial charge is 0.312 e. The first kappa shape index (κ1) is 12.2. The van der Waals surface area contributed by atoms with Gasteiger partial charge in [-0.2, -0.15) is 0 Å². The van der Waals surface area contributed by atoms with Crippen LogP contribution >= 0.6 is 11.6 Å². The Hall–Kier alpha value is 0.200. The minimum atomic E-state index is -2.83. The van der Waals surface area contributed by atoms with Crippen LogP contribution in [0, 0.1) is 0 Å². The number of halogens is 1. The van der Waals surface area contributed by atoms with Gasteiger partial charge in [0.1, 0.15) is 0 Å². The Morgan fingerprint density at radius 2 is 2.08 bits per heavy atom. The van der Waals surface area contributed by atoms with E-state index in [2.05, 4.69) is 5.32 Å². The molecule has 12 heavy (non-hydrogen) atoms. The second-order valence-corrected chi connectivity index (χ2v) is 5.53. The van der Waals surface area contributed by atoms with Gasteiger partial charge < -0.3 is 5.32 Å². The summed E-state index contributed by atoms with van der Waals surface area (Å²) < 4.78 is 22.0. The number of nitrogens with one attached hydrogen (secondary N) is 1. The predicted molar refractivity (Wildman–Crippen MR) is 52.5 cm³/mol. The molecule has 1 N–H and O–H groups in total. The van der Waals surface area contributed by atoms with Crippen LogP contribution < -0.4 is 5.32 Å². The molecule has 0 aliphatic heterocycles. The molecule has 0 radical (unpaired) electrons. The zero-order valence-electron chi connectivity index (χ0n) is 7.51. The van der Waals surface area contributed by atoms with E-state index in [1.54, 1.807) is 6.92 Å². The highest BCUT2D eigenvalue weighted by Crippen LogP contribution is 1.89. The molecule has 0 fully saturated rings. The third kappa shape index (κ3) is 5.80. The van der Waals surface area contributed by atoms with Gasteiger partial charge in [0.05, 0.1) is 5.75 Å². The van der Waals surface area contributed by atoms with Gasteiger partial charge >= 0.3 is 0 Å². The zero-order chi connectivity index (χ0) is 9.61. The minimum Gasteiger partial charge on any atom is -0.312 e. The summed E-state index contributed by atoms with van der Waals surface area (Å²) in [6, 6.07) is 0.179. The van der Waals surface area contributed by atoms with Gasteiger partial charge in [-0.25, -0.2) is 8.42 Å². The molecule has 0 bridgehead atoms. The highest BCUT2D eigenvalue weighted by atomic mass is 35.5. The van der Waals surface area contributed by atoms with Crippen LogP contribution in [0.25, 0.3) is 0 Å². The van der Waals surface area contributed by atoms with Crippen molar-refractivity contribution in [2.75, 3.05) is 23.9 Å². The van der Waals surface area contributed by atoms with Crippen molar-refractivity contribution >= 4 is 21.4 Å². The molecule has 0 rings (SSSR count). The molecular weight excluding hydrogens is 198 g/mol. The Labute approximate surface area is 79.4 Å². The molecule has 1 unspecified atom stereocenters. The first-order chi connectivity index (χ1) is 5.52. The molecule has 0 spiro atoms. The third-order valence-electron chi connectivity index (χ3n) is 1.58. The number of rotatable bonds is 6. The van der Waals surface area contributed by atoms with E-state index < -0.39 is 9.84 Å². The lowest BCUT2D eigenvalue weighted by atomic mass is 10.4. The van der Waals surface area contributed by atoms with Crippen molar-refractivity contribution in [3.63, 3.8) is 0 Å². The lowest BCUT2D eigenvalue weighted by Crippen LogP contribution is -2.32. The van der Waals surface area contributed by atoms with E-state index in [0.717, 1.165) is 0 Å². The highest BCUT2D eigenvalue weighted by Gasteiger charge is 2.07. The molecule has 0 aromatic heterocycles. The van der Waals surface area contributed by atoms with Gasteiger partial charge in [-0.1, -0.05) is 6.92 Å². The smallest absolute Gasteiger partial charge is 0.151 e. The summed E-state index contributed by atoms with van der Waals surface area (Å²) in [6.07, 6.45) is 0. The van der Waals surface area contributed by atoms with Crippen molar-refractivity contribution < 1.29 is 8.42 Å². The Kier molecular flexibility index (Phi) is 5.88. The van der Waals surface area contributed by atoms with Gasteiger partial charge in [-0.15, -0.1) is 11.6 Å². The maximum atomic E-state index is 11.0. The minimum absolute atomic E-state index is 0.179. The van der Waals surface area contributed by atoms with Crippen LogP contribution in [-0.4, -0.2) is 38.4 Å². The van der Waals surface area contributed by atoms with E-state index in [0.29, 0.717) is 12.4 Å². The van der Waals surface area contributed by atoms with E-state index in [-0.39, 0.29) is 17.5 Å². The van der Waals surface area contributed by atoms with Crippen molar-refractivity contribution in [2.24, 2.45) is 0 Å². The van der Waals surface area contributed by atoms with Crippen molar-refractivity contribution in [3.8, 4) is 0 Å². The van der Waals surface area contributed by atoms with E-state index in [1.165, 1.54) is 0 Å². The van der Waals surface area contributed by atoms with Gasteiger partial charge in [-0.3, -0.25) is 0 Å². The molecule has 0 aliphatic carbocycles. The quantitative estimate of drug-likeness (QED) is 0.659. The molecule has 0 saturated carbocycles.